The van der Waals surface area contributed by atoms with E-state index >= 15 is 0 Å². The molecule has 5 nitrogen and oxygen atoms in total. The molecule has 0 aliphatic carbocycles. The number of sulfonamides is 1. The molecule has 1 N–H and O–H groups in total. The molecule has 0 saturated carbocycles. The van der Waals surface area contributed by atoms with Crippen molar-refractivity contribution in [2.75, 3.05) is 23.7 Å². The molecule has 0 unspecified atom stereocenters. The molecule has 0 spiro atoms. The van der Waals surface area contributed by atoms with Crippen LogP contribution < -0.4 is 9.62 Å². The summed E-state index contributed by atoms with van der Waals surface area (Å²) < 4.78 is 25.3. The van der Waals surface area contributed by atoms with Crippen molar-refractivity contribution in [3.05, 3.63) is 64.7 Å². The number of aryl methyl sites for hydroxylation is 1. The van der Waals surface area contributed by atoms with Gasteiger partial charge in [0, 0.05) is 12.1 Å². The maximum absolute atomic E-state index is 12.2. The number of anilines is 1. The molecule has 0 atom stereocenters. The lowest BCUT2D eigenvalue weighted by molar-refractivity contribution is 0.0954. The van der Waals surface area contributed by atoms with Crippen LogP contribution in [0.25, 0.3) is 0 Å². The molecule has 0 saturated heterocycles. The van der Waals surface area contributed by atoms with Crippen LogP contribution in [-0.2, 0) is 10.0 Å². The van der Waals surface area contributed by atoms with Crippen LogP contribution in [0.4, 0.5) is 5.69 Å². The first-order chi connectivity index (χ1) is 11.3. The first kappa shape index (κ1) is 18.3. The molecule has 24 heavy (non-hydrogen) atoms. The summed E-state index contributed by atoms with van der Waals surface area (Å²) in [5, 5.41) is 3.08. The molecule has 2 aromatic carbocycles. The second-order valence-electron chi connectivity index (χ2n) is 5.36. The molecule has 0 radical (unpaired) electrons. The van der Waals surface area contributed by atoms with Gasteiger partial charge >= 0.3 is 0 Å². The minimum Gasteiger partial charge on any atom is -0.350 e. The summed E-state index contributed by atoms with van der Waals surface area (Å²) in [4.78, 5) is 12.2. The SMILES string of the molecule is Cc1ccccc1C(=O)NCCN(c1ccccc1Cl)S(C)(=O)=O. The number of benzene rings is 2. The Labute approximate surface area is 147 Å². The Hall–Kier alpha value is -2.05. The smallest absolute Gasteiger partial charge is 0.251 e. The zero-order chi connectivity index (χ0) is 17.7. The zero-order valence-corrected chi connectivity index (χ0v) is 15.1. The van der Waals surface area contributed by atoms with Crippen molar-refractivity contribution < 1.29 is 13.2 Å². The van der Waals surface area contributed by atoms with E-state index in [1.54, 1.807) is 36.4 Å². The Morgan fingerprint density at radius 1 is 1.12 bits per heavy atom. The first-order valence-corrected chi connectivity index (χ1v) is 9.59. The summed E-state index contributed by atoms with van der Waals surface area (Å²) in [6.07, 6.45) is 1.11. The van der Waals surface area contributed by atoms with Gasteiger partial charge in [-0.3, -0.25) is 9.10 Å². The molecule has 0 bridgehead atoms. The van der Waals surface area contributed by atoms with Gasteiger partial charge < -0.3 is 5.32 Å². The zero-order valence-electron chi connectivity index (χ0n) is 13.5. The number of carbonyl (C=O) groups is 1. The van der Waals surface area contributed by atoms with Crippen LogP contribution in [0.5, 0.6) is 0 Å². The van der Waals surface area contributed by atoms with Crippen molar-refractivity contribution in [2.45, 2.75) is 6.92 Å². The lowest BCUT2D eigenvalue weighted by atomic mass is 10.1. The van der Waals surface area contributed by atoms with E-state index < -0.39 is 10.0 Å². The van der Waals surface area contributed by atoms with Gasteiger partial charge in [-0.25, -0.2) is 8.42 Å². The fraction of sp³-hybridized carbons (Fsp3) is 0.235. The third-order valence-corrected chi connectivity index (χ3v) is 5.01. The van der Waals surface area contributed by atoms with Crippen molar-refractivity contribution >= 4 is 33.2 Å². The number of hydrogen-bond donors (Lipinski definition) is 1. The van der Waals surface area contributed by atoms with Crippen molar-refractivity contribution in [3.63, 3.8) is 0 Å². The molecule has 0 aromatic heterocycles. The molecule has 0 heterocycles. The Morgan fingerprint density at radius 2 is 1.75 bits per heavy atom. The van der Waals surface area contributed by atoms with Gasteiger partial charge in [0.15, 0.2) is 0 Å². The lowest BCUT2D eigenvalue weighted by Crippen LogP contribution is -2.38. The van der Waals surface area contributed by atoms with Crippen LogP contribution in [-0.4, -0.2) is 33.7 Å². The number of rotatable bonds is 6. The van der Waals surface area contributed by atoms with E-state index in [0.29, 0.717) is 16.3 Å². The van der Waals surface area contributed by atoms with Gasteiger partial charge in [-0.2, -0.15) is 0 Å². The molecular formula is C17H19ClN2O3S. The van der Waals surface area contributed by atoms with Crippen LogP contribution >= 0.6 is 11.6 Å². The molecule has 2 aromatic rings. The summed E-state index contributed by atoms with van der Waals surface area (Å²) in [7, 11) is -3.51. The summed E-state index contributed by atoms with van der Waals surface area (Å²) in [6.45, 7) is 2.12. The van der Waals surface area contributed by atoms with Crippen LogP contribution in [0.3, 0.4) is 0 Å². The van der Waals surface area contributed by atoms with Gasteiger partial charge in [0.25, 0.3) is 5.91 Å². The second kappa shape index (κ2) is 7.68. The third kappa shape index (κ3) is 4.49. The monoisotopic (exact) mass is 366 g/mol. The number of halogens is 1. The van der Waals surface area contributed by atoms with E-state index in [9.17, 15) is 13.2 Å². The maximum atomic E-state index is 12.2. The number of nitrogens with one attached hydrogen (secondary N) is 1. The van der Waals surface area contributed by atoms with Gasteiger partial charge in [0.2, 0.25) is 10.0 Å². The lowest BCUT2D eigenvalue weighted by Gasteiger charge is -2.23. The van der Waals surface area contributed by atoms with Crippen LogP contribution in [0, 0.1) is 6.92 Å². The quantitative estimate of drug-likeness (QED) is 0.854. The topological polar surface area (TPSA) is 66.5 Å². The van der Waals surface area contributed by atoms with Gasteiger partial charge in [0.1, 0.15) is 0 Å². The predicted molar refractivity (Wildman–Crippen MR) is 97.2 cm³/mol. The van der Waals surface area contributed by atoms with E-state index in [1.807, 2.05) is 19.1 Å². The average molecular weight is 367 g/mol. The van der Waals surface area contributed by atoms with Gasteiger partial charge in [-0.15, -0.1) is 0 Å². The molecular weight excluding hydrogens is 348 g/mol. The molecule has 0 aliphatic rings. The van der Waals surface area contributed by atoms with Crippen molar-refractivity contribution in [3.8, 4) is 0 Å². The molecule has 2 rings (SSSR count). The Morgan fingerprint density at radius 3 is 2.38 bits per heavy atom. The van der Waals surface area contributed by atoms with E-state index in [1.165, 1.54) is 4.31 Å². The van der Waals surface area contributed by atoms with E-state index in [-0.39, 0.29) is 19.0 Å². The van der Waals surface area contributed by atoms with Crippen molar-refractivity contribution in [1.29, 1.82) is 0 Å². The minimum atomic E-state index is -3.51. The minimum absolute atomic E-state index is 0.0974. The summed E-state index contributed by atoms with van der Waals surface area (Å²) in [6, 6.07) is 13.9. The average Bonchev–Trinajstić information content (AvgIpc) is 2.52. The van der Waals surface area contributed by atoms with Crippen LogP contribution in [0.2, 0.25) is 5.02 Å². The normalized spacial score (nSPS) is 11.1. The summed E-state index contributed by atoms with van der Waals surface area (Å²) in [5.74, 6) is -0.235. The number of hydrogen-bond acceptors (Lipinski definition) is 3. The van der Waals surface area contributed by atoms with Crippen molar-refractivity contribution in [1.82, 2.24) is 5.32 Å². The largest absolute Gasteiger partial charge is 0.350 e. The number of nitrogens with zero attached hydrogens (tertiary/aromatic N) is 1. The Bertz CT molecular complexity index is 837. The molecule has 7 heteroatoms. The Kier molecular flexibility index (Phi) is 5.85. The summed E-state index contributed by atoms with van der Waals surface area (Å²) >= 11 is 6.09. The van der Waals surface area contributed by atoms with E-state index in [0.717, 1.165) is 11.8 Å². The molecule has 0 fully saturated rings. The number of amides is 1. The number of carbonyl (C=O) groups excluding carboxylic acids is 1. The first-order valence-electron chi connectivity index (χ1n) is 7.37. The maximum Gasteiger partial charge on any atom is 0.251 e. The van der Waals surface area contributed by atoms with E-state index in [4.69, 9.17) is 11.6 Å². The van der Waals surface area contributed by atoms with Crippen molar-refractivity contribution in [2.24, 2.45) is 0 Å². The third-order valence-electron chi connectivity index (χ3n) is 3.51. The fourth-order valence-corrected chi connectivity index (χ4v) is 3.54. The van der Waals surface area contributed by atoms with Gasteiger partial charge in [0.05, 0.1) is 23.5 Å². The van der Waals surface area contributed by atoms with E-state index in [2.05, 4.69) is 5.32 Å². The second-order valence-corrected chi connectivity index (χ2v) is 7.67. The van der Waals surface area contributed by atoms with Crippen LogP contribution in [0.1, 0.15) is 15.9 Å². The molecule has 128 valence electrons. The Balaban J connectivity index is 2.09. The van der Waals surface area contributed by atoms with Crippen LogP contribution in [0.15, 0.2) is 48.5 Å². The molecule has 0 aliphatic heterocycles. The fourth-order valence-electron chi connectivity index (χ4n) is 2.31. The highest BCUT2D eigenvalue weighted by Crippen LogP contribution is 2.26. The van der Waals surface area contributed by atoms with Gasteiger partial charge in [-0.1, -0.05) is 41.9 Å². The number of para-hydroxylation sites is 1. The highest BCUT2D eigenvalue weighted by molar-refractivity contribution is 7.92. The highest BCUT2D eigenvalue weighted by Gasteiger charge is 2.19. The molecule has 1 amide bonds. The van der Waals surface area contributed by atoms with Gasteiger partial charge in [-0.05, 0) is 30.7 Å². The summed E-state index contributed by atoms with van der Waals surface area (Å²) in [5.41, 5.74) is 1.83. The predicted octanol–water partition coefficient (Wildman–Crippen LogP) is 2.84. The standard InChI is InChI=1S/C17H19ClN2O3S/c1-13-7-3-4-8-14(13)17(21)19-11-12-20(24(2,22)23)16-10-6-5-9-15(16)18/h3-10H,11-12H2,1-2H3,(H,19,21). The highest BCUT2D eigenvalue weighted by atomic mass is 35.5.